The van der Waals surface area contributed by atoms with E-state index in [9.17, 15) is 14.7 Å². The molecule has 2 N–H and O–H groups in total. The van der Waals surface area contributed by atoms with Gasteiger partial charge >= 0.3 is 5.97 Å². The highest BCUT2D eigenvalue weighted by molar-refractivity contribution is 6.35. The van der Waals surface area contributed by atoms with E-state index in [4.69, 9.17) is 16.3 Å². The topological polar surface area (TPSA) is 79.4 Å². The molecule has 0 radical (unpaired) electrons. The van der Waals surface area contributed by atoms with E-state index in [1.165, 1.54) is 0 Å². The highest BCUT2D eigenvalue weighted by atomic mass is 35.5. The standard InChI is InChI=1S/C22H24ClNO4/c1-22(2,3)21(27)28-10-5-4-7-13-11-16-18(17(25)12-13)20(26)14-8-6-9-15(23)19(14)24-16/h6,8-9,11-12,25H,4-5,7,10H2,1-3H3,(H,24,26). The Morgan fingerprint density at radius 2 is 1.96 bits per heavy atom. The van der Waals surface area contributed by atoms with Gasteiger partial charge in [-0.2, -0.15) is 0 Å². The molecule has 1 heterocycles. The van der Waals surface area contributed by atoms with Crippen LogP contribution in [0, 0.1) is 5.41 Å². The maximum atomic E-state index is 12.7. The number of nitrogens with one attached hydrogen (secondary N) is 1. The quantitative estimate of drug-likeness (QED) is 0.360. The molecule has 5 nitrogen and oxygen atoms in total. The molecule has 0 aliphatic carbocycles. The van der Waals surface area contributed by atoms with Crippen LogP contribution >= 0.6 is 11.6 Å². The molecule has 0 amide bonds. The molecular formula is C22H24ClNO4. The number of carbonyl (C=O) groups is 1. The zero-order valence-electron chi connectivity index (χ0n) is 16.3. The number of phenolic OH excluding ortho intramolecular Hbond substituents is 1. The highest BCUT2D eigenvalue weighted by Gasteiger charge is 2.22. The van der Waals surface area contributed by atoms with Crippen LogP contribution in [0.4, 0.5) is 0 Å². The first-order chi connectivity index (χ1) is 13.2. The fraction of sp³-hybridized carbons (Fsp3) is 0.364. The van der Waals surface area contributed by atoms with Crippen LogP contribution in [-0.2, 0) is 16.0 Å². The van der Waals surface area contributed by atoms with E-state index >= 15 is 0 Å². The van der Waals surface area contributed by atoms with E-state index in [1.807, 2.05) is 26.8 Å². The van der Waals surface area contributed by atoms with Crippen molar-refractivity contribution in [2.45, 2.75) is 40.0 Å². The lowest BCUT2D eigenvalue weighted by Gasteiger charge is -2.16. The second-order valence-corrected chi connectivity index (χ2v) is 8.40. The molecule has 6 heteroatoms. The van der Waals surface area contributed by atoms with Gasteiger partial charge in [-0.3, -0.25) is 9.59 Å². The Balaban J connectivity index is 1.77. The summed E-state index contributed by atoms with van der Waals surface area (Å²) in [4.78, 5) is 27.7. The molecule has 0 aliphatic rings. The first-order valence-electron chi connectivity index (χ1n) is 9.32. The average molecular weight is 402 g/mol. The highest BCUT2D eigenvalue weighted by Crippen LogP contribution is 2.28. The molecule has 2 aromatic carbocycles. The number of carbonyl (C=O) groups excluding carboxylic acids is 1. The molecule has 0 atom stereocenters. The van der Waals surface area contributed by atoms with Crippen molar-refractivity contribution in [1.82, 2.24) is 4.98 Å². The number of aromatic hydroxyl groups is 1. The lowest BCUT2D eigenvalue weighted by molar-refractivity contribution is -0.153. The van der Waals surface area contributed by atoms with Gasteiger partial charge in [-0.1, -0.05) is 17.7 Å². The normalized spacial score (nSPS) is 11.9. The second-order valence-electron chi connectivity index (χ2n) is 8.00. The summed E-state index contributed by atoms with van der Waals surface area (Å²) in [6, 6.07) is 8.60. The molecule has 0 saturated carbocycles. The molecular weight excluding hydrogens is 378 g/mol. The minimum absolute atomic E-state index is 0.0465. The fourth-order valence-corrected chi connectivity index (χ4v) is 3.31. The van der Waals surface area contributed by atoms with Gasteiger partial charge in [0.05, 0.1) is 33.5 Å². The van der Waals surface area contributed by atoms with Gasteiger partial charge in [-0.05, 0) is 69.9 Å². The Labute approximate surface area is 168 Å². The summed E-state index contributed by atoms with van der Waals surface area (Å²) in [6.45, 7) is 5.84. The number of hydrogen-bond acceptors (Lipinski definition) is 4. The SMILES string of the molecule is CC(C)(C)C(=O)OCCCCc1cc(O)c2c(=O)c3cccc(Cl)c3[nH]c2c1. The van der Waals surface area contributed by atoms with Crippen molar-refractivity contribution in [2.24, 2.45) is 5.41 Å². The van der Waals surface area contributed by atoms with E-state index in [-0.39, 0.29) is 22.5 Å². The zero-order chi connectivity index (χ0) is 20.5. The van der Waals surface area contributed by atoms with Gasteiger partial charge in [0.25, 0.3) is 0 Å². The zero-order valence-corrected chi connectivity index (χ0v) is 17.0. The van der Waals surface area contributed by atoms with Gasteiger partial charge < -0.3 is 14.8 Å². The van der Waals surface area contributed by atoms with Crippen molar-refractivity contribution in [2.75, 3.05) is 6.61 Å². The third-order valence-corrected chi connectivity index (χ3v) is 4.94. The van der Waals surface area contributed by atoms with Gasteiger partial charge in [0, 0.05) is 5.39 Å². The van der Waals surface area contributed by atoms with Crippen molar-refractivity contribution in [3.8, 4) is 5.75 Å². The Morgan fingerprint density at radius 1 is 1.21 bits per heavy atom. The van der Waals surface area contributed by atoms with Crippen LogP contribution in [0.5, 0.6) is 5.75 Å². The van der Waals surface area contributed by atoms with Crippen LogP contribution in [0.1, 0.15) is 39.2 Å². The molecule has 0 bridgehead atoms. The van der Waals surface area contributed by atoms with Crippen molar-refractivity contribution in [3.63, 3.8) is 0 Å². The Kier molecular flexibility index (Phi) is 5.66. The molecule has 0 unspecified atom stereocenters. The van der Waals surface area contributed by atoms with Crippen molar-refractivity contribution in [3.05, 3.63) is 51.1 Å². The van der Waals surface area contributed by atoms with Crippen molar-refractivity contribution < 1.29 is 14.6 Å². The minimum atomic E-state index is -0.500. The number of ether oxygens (including phenoxy) is 1. The number of phenols is 1. The number of halogens is 1. The van der Waals surface area contributed by atoms with Crippen molar-refractivity contribution >= 4 is 39.4 Å². The van der Waals surface area contributed by atoms with Crippen LogP contribution in [0.25, 0.3) is 21.8 Å². The van der Waals surface area contributed by atoms with Crippen LogP contribution in [-0.4, -0.2) is 22.7 Å². The second kappa shape index (κ2) is 7.84. The summed E-state index contributed by atoms with van der Waals surface area (Å²) in [6.07, 6.45) is 2.21. The van der Waals surface area contributed by atoms with Crippen LogP contribution in [0.3, 0.4) is 0 Å². The van der Waals surface area contributed by atoms with Gasteiger partial charge in [-0.15, -0.1) is 0 Å². The van der Waals surface area contributed by atoms with Crippen LogP contribution in [0.2, 0.25) is 5.02 Å². The van der Waals surface area contributed by atoms with Gasteiger partial charge in [-0.25, -0.2) is 0 Å². The van der Waals surface area contributed by atoms with E-state index in [0.717, 1.165) is 18.4 Å². The third kappa shape index (κ3) is 4.14. The van der Waals surface area contributed by atoms with Gasteiger partial charge in [0.15, 0.2) is 0 Å². The lowest BCUT2D eigenvalue weighted by Crippen LogP contribution is -2.23. The summed E-state index contributed by atoms with van der Waals surface area (Å²) in [5.74, 6) is -0.257. The maximum Gasteiger partial charge on any atom is 0.311 e. The number of benzene rings is 2. The number of H-pyrrole nitrogens is 1. The number of esters is 1. The lowest BCUT2D eigenvalue weighted by atomic mass is 9.97. The van der Waals surface area contributed by atoms with Gasteiger partial charge in [0.2, 0.25) is 5.43 Å². The van der Waals surface area contributed by atoms with Gasteiger partial charge in [0.1, 0.15) is 5.75 Å². The molecule has 0 saturated heterocycles. The summed E-state index contributed by atoms with van der Waals surface area (Å²) >= 11 is 6.21. The average Bonchev–Trinajstić information content (AvgIpc) is 2.61. The monoisotopic (exact) mass is 401 g/mol. The number of fused-ring (bicyclic) bond motifs is 2. The van der Waals surface area contributed by atoms with Crippen molar-refractivity contribution in [1.29, 1.82) is 0 Å². The summed E-state index contributed by atoms with van der Waals surface area (Å²) in [5.41, 5.74) is 1.27. The molecule has 148 valence electrons. The molecule has 28 heavy (non-hydrogen) atoms. The van der Waals surface area contributed by atoms with Crippen LogP contribution < -0.4 is 5.43 Å². The molecule has 0 spiro atoms. The molecule has 0 aliphatic heterocycles. The Hall–Kier alpha value is -2.53. The first kappa shape index (κ1) is 20.2. The number of rotatable bonds is 5. The third-order valence-electron chi connectivity index (χ3n) is 4.63. The number of para-hydroxylation sites is 1. The number of pyridine rings is 1. The Bertz CT molecular complexity index is 1100. The Morgan fingerprint density at radius 3 is 2.68 bits per heavy atom. The number of aryl methyl sites for hydroxylation is 1. The van der Waals surface area contributed by atoms with E-state index in [2.05, 4.69) is 4.98 Å². The molecule has 1 aromatic heterocycles. The minimum Gasteiger partial charge on any atom is -0.507 e. The molecule has 3 rings (SSSR count). The largest absolute Gasteiger partial charge is 0.507 e. The van der Waals surface area contributed by atoms with Crippen LogP contribution in [0.15, 0.2) is 35.1 Å². The molecule has 3 aromatic rings. The molecule has 0 fully saturated rings. The fourth-order valence-electron chi connectivity index (χ4n) is 3.09. The number of hydrogen-bond donors (Lipinski definition) is 2. The summed E-state index contributed by atoms with van der Waals surface area (Å²) in [7, 11) is 0. The summed E-state index contributed by atoms with van der Waals surface area (Å²) < 4.78 is 5.26. The number of unbranched alkanes of at least 4 members (excludes halogenated alkanes) is 1. The number of aromatic nitrogens is 1. The maximum absolute atomic E-state index is 12.7. The summed E-state index contributed by atoms with van der Waals surface area (Å²) in [5, 5.41) is 11.6. The predicted octanol–water partition coefficient (Wildman–Crippen LogP) is 4.95. The smallest absolute Gasteiger partial charge is 0.311 e. The number of aromatic amines is 1. The predicted molar refractivity (Wildman–Crippen MR) is 112 cm³/mol. The van der Waals surface area contributed by atoms with E-state index < -0.39 is 5.41 Å². The van der Waals surface area contributed by atoms with E-state index in [0.29, 0.717) is 34.5 Å². The first-order valence-corrected chi connectivity index (χ1v) is 9.69. The van der Waals surface area contributed by atoms with E-state index in [1.54, 1.807) is 24.3 Å².